The lowest BCUT2D eigenvalue weighted by molar-refractivity contribution is -0.362. The van der Waals surface area contributed by atoms with Crippen LogP contribution in [0.25, 0.3) is 0 Å². The second kappa shape index (κ2) is 15.1. The summed E-state index contributed by atoms with van der Waals surface area (Å²) in [5.41, 5.74) is 0. The molecule has 0 fully saturated rings. The van der Waals surface area contributed by atoms with Crippen LogP contribution in [0.15, 0.2) is 0 Å². The van der Waals surface area contributed by atoms with Gasteiger partial charge in [0.15, 0.2) is 5.25 Å². The van der Waals surface area contributed by atoms with Crippen LogP contribution >= 0.6 is 0 Å². The molecule has 0 spiro atoms. The number of alkyl halides is 14. The number of carbonyl (C=O) groups excluding carboxylic acids is 1. The second-order valence-electron chi connectivity index (χ2n) is 9.27. The molecule has 4 atom stereocenters. The Morgan fingerprint density at radius 3 is 1.40 bits per heavy atom. The van der Waals surface area contributed by atoms with Gasteiger partial charge in [0, 0.05) is 5.92 Å². The van der Waals surface area contributed by atoms with Crippen LogP contribution in [0.2, 0.25) is 0 Å². The molecule has 0 aromatic carbocycles. The average molecular weight is 722 g/mol. The predicted molar refractivity (Wildman–Crippen MR) is 116 cm³/mol. The molecule has 0 heterocycles. The van der Waals surface area contributed by atoms with Crippen LogP contribution in [0.5, 0.6) is 0 Å². The topological polar surface area (TPSA) is 146 Å². The number of halogens is 14. The van der Waals surface area contributed by atoms with Gasteiger partial charge in [-0.05, 0) is 13.8 Å². The van der Waals surface area contributed by atoms with Gasteiger partial charge in [-0.3, -0.25) is 14.1 Å². The zero-order chi connectivity index (χ0) is 36.0. The molecular formula is C20H24F14O10S. The lowest BCUT2D eigenvalue weighted by atomic mass is 10.0. The van der Waals surface area contributed by atoms with E-state index in [4.69, 9.17) is 9.84 Å². The largest absolute Gasteiger partial charge is 0.481 e. The highest BCUT2D eigenvalue weighted by molar-refractivity contribution is 7.87. The second-order valence-corrected chi connectivity index (χ2v) is 10.8. The highest BCUT2D eigenvalue weighted by Gasteiger charge is 2.74. The van der Waals surface area contributed by atoms with Crippen molar-refractivity contribution in [3.8, 4) is 0 Å². The van der Waals surface area contributed by atoms with E-state index in [0.29, 0.717) is 6.92 Å². The van der Waals surface area contributed by atoms with Crippen molar-refractivity contribution in [3.63, 3.8) is 0 Å². The summed E-state index contributed by atoms with van der Waals surface area (Å²) in [5, 5.41) is 6.12. The number of ether oxygens (including phenoxy) is 4. The Balaban J connectivity index is 5.47. The van der Waals surface area contributed by atoms with Crippen molar-refractivity contribution < 1.29 is 108 Å². The zero-order valence-electron chi connectivity index (χ0n) is 22.4. The average Bonchev–Trinajstić information content (AvgIpc) is 2.79. The van der Waals surface area contributed by atoms with Crippen LogP contribution in [-0.2, 0) is 38.7 Å². The molecule has 0 aromatic heterocycles. The molecule has 2 N–H and O–H groups in total. The van der Waals surface area contributed by atoms with E-state index in [1.165, 1.54) is 0 Å². The Bertz CT molecular complexity index is 1090. The first-order chi connectivity index (χ1) is 19.8. The van der Waals surface area contributed by atoms with Crippen molar-refractivity contribution in [2.75, 3.05) is 33.0 Å². The molecule has 4 unspecified atom stereocenters. The summed E-state index contributed by atoms with van der Waals surface area (Å²) in [7, 11) is -5.67. The van der Waals surface area contributed by atoms with Crippen LogP contribution < -0.4 is 0 Å². The minimum atomic E-state index is -6.70. The first kappa shape index (κ1) is 42.8. The lowest BCUT2D eigenvalue weighted by Crippen LogP contribution is -2.54. The van der Waals surface area contributed by atoms with Gasteiger partial charge in [0.25, 0.3) is 10.1 Å². The van der Waals surface area contributed by atoms with E-state index in [9.17, 15) is 84.0 Å². The van der Waals surface area contributed by atoms with Crippen molar-refractivity contribution in [3.05, 3.63) is 0 Å². The number of aliphatic carboxylic acids is 1. The monoisotopic (exact) mass is 722 g/mol. The Morgan fingerprint density at radius 1 is 0.689 bits per heavy atom. The smallest absolute Gasteiger partial charge is 0.459 e. The fourth-order valence-corrected chi connectivity index (χ4v) is 3.93. The van der Waals surface area contributed by atoms with E-state index >= 15 is 0 Å². The number of hydrogen-bond donors (Lipinski definition) is 2. The van der Waals surface area contributed by atoms with Crippen LogP contribution in [-0.4, -0.2) is 117 Å². The molecule has 268 valence electrons. The van der Waals surface area contributed by atoms with Gasteiger partial charge in [-0.1, -0.05) is 0 Å². The van der Waals surface area contributed by atoms with Gasteiger partial charge in [0.2, 0.25) is 0 Å². The molecule has 45 heavy (non-hydrogen) atoms. The number of carboxylic acids is 1. The molecule has 25 heteroatoms. The minimum absolute atomic E-state index is 0.708. The van der Waals surface area contributed by atoms with E-state index in [2.05, 4.69) is 14.2 Å². The Kier molecular flexibility index (Phi) is 14.3. The molecule has 0 saturated heterocycles. The van der Waals surface area contributed by atoms with E-state index in [0.717, 1.165) is 6.92 Å². The van der Waals surface area contributed by atoms with Crippen molar-refractivity contribution in [2.45, 2.75) is 73.8 Å². The summed E-state index contributed by atoms with van der Waals surface area (Å²) >= 11 is 0. The Hall–Kier alpha value is -2.25. The van der Waals surface area contributed by atoms with Gasteiger partial charge in [0.1, 0.15) is 19.3 Å². The van der Waals surface area contributed by atoms with E-state index < -0.39 is 121 Å². The molecule has 0 aliphatic heterocycles. The quantitative estimate of drug-likeness (QED) is 0.112. The standard InChI is InChI=1S/C20H24F14O10S/c1-9(4-41-7-15(21,22)17(25,26)19(29,30)31)43-6-11(3-12(35)36)13(45(38,39)40)14(37)44-10(2)5-42-8-16(23,24)18(27,28)20(32,33)34/h9-11,13H,3-8H2,1-2H3,(H,35,36)(H,38,39,40). The maximum Gasteiger partial charge on any atom is 0.459 e. The van der Waals surface area contributed by atoms with E-state index in [-0.39, 0.29) is 0 Å². The van der Waals surface area contributed by atoms with Gasteiger partial charge in [-0.2, -0.15) is 69.9 Å². The third-order valence-corrected chi connectivity index (χ3v) is 6.45. The van der Waals surface area contributed by atoms with E-state index in [1.54, 1.807) is 0 Å². The van der Waals surface area contributed by atoms with Crippen molar-refractivity contribution in [1.29, 1.82) is 0 Å². The molecule has 0 radical (unpaired) electrons. The highest BCUT2D eigenvalue weighted by atomic mass is 32.2. The number of esters is 1. The normalized spacial score (nSPS) is 17.0. The number of carbonyl (C=O) groups is 2. The van der Waals surface area contributed by atoms with Gasteiger partial charge in [-0.25, -0.2) is 0 Å². The molecule has 0 aliphatic rings. The zero-order valence-corrected chi connectivity index (χ0v) is 23.2. The SMILES string of the molecule is CC(COCC(F)(F)C(F)(F)C(F)(F)F)OCC(CC(=O)O)C(C(=O)OC(C)COCC(F)(F)C(F)(F)C(F)(F)F)S(=O)(=O)O. The number of carboxylic acid groups (broad SMARTS) is 1. The maximum absolute atomic E-state index is 13.3. The summed E-state index contributed by atoms with van der Waals surface area (Å²) in [6, 6.07) is 0. The third-order valence-electron chi connectivity index (χ3n) is 5.23. The van der Waals surface area contributed by atoms with Crippen LogP contribution in [0.1, 0.15) is 20.3 Å². The number of hydrogen-bond acceptors (Lipinski definition) is 8. The lowest BCUT2D eigenvalue weighted by Gasteiger charge is -2.29. The van der Waals surface area contributed by atoms with Crippen LogP contribution in [0, 0.1) is 5.92 Å². The molecule has 0 rings (SSSR count). The van der Waals surface area contributed by atoms with Crippen LogP contribution in [0.3, 0.4) is 0 Å². The molecule has 0 amide bonds. The first-order valence-corrected chi connectivity index (χ1v) is 13.1. The minimum Gasteiger partial charge on any atom is -0.481 e. The molecule has 0 saturated carbocycles. The fourth-order valence-electron chi connectivity index (χ4n) is 2.97. The van der Waals surface area contributed by atoms with Gasteiger partial charge in [-0.15, -0.1) is 0 Å². The Labute approximate surface area is 243 Å². The van der Waals surface area contributed by atoms with Crippen LogP contribution in [0.4, 0.5) is 61.5 Å². The summed E-state index contributed by atoms with van der Waals surface area (Å²) in [6.07, 6.45) is -18.3. The molecular weight excluding hydrogens is 698 g/mol. The summed E-state index contributed by atoms with van der Waals surface area (Å²) in [4.78, 5) is 23.6. The summed E-state index contributed by atoms with van der Waals surface area (Å²) < 4.78 is 228. The van der Waals surface area contributed by atoms with Gasteiger partial charge >= 0.3 is 48.0 Å². The highest BCUT2D eigenvalue weighted by Crippen LogP contribution is 2.47. The maximum atomic E-state index is 13.3. The van der Waals surface area contributed by atoms with Crippen molar-refractivity contribution in [2.24, 2.45) is 5.92 Å². The Morgan fingerprint density at radius 2 is 1.07 bits per heavy atom. The molecule has 0 aromatic rings. The molecule has 10 nitrogen and oxygen atoms in total. The summed E-state index contributed by atoms with van der Waals surface area (Å²) in [5.74, 6) is -30.8. The number of rotatable bonds is 19. The van der Waals surface area contributed by atoms with Crippen molar-refractivity contribution >= 4 is 22.1 Å². The summed E-state index contributed by atoms with van der Waals surface area (Å²) in [6.45, 7) is -7.31. The van der Waals surface area contributed by atoms with Gasteiger partial charge < -0.3 is 24.1 Å². The van der Waals surface area contributed by atoms with Crippen molar-refractivity contribution in [1.82, 2.24) is 0 Å². The predicted octanol–water partition coefficient (Wildman–Crippen LogP) is 4.37. The van der Waals surface area contributed by atoms with E-state index in [1.807, 2.05) is 0 Å². The fraction of sp³-hybridized carbons (Fsp3) is 0.900. The first-order valence-electron chi connectivity index (χ1n) is 11.6. The molecule has 0 bridgehead atoms. The third kappa shape index (κ3) is 11.8. The van der Waals surface area contributed by atoms with Gasteiger partial charge in [0.05, 0.1) is 32.3 Å². The molecule has 0 aliphatic carbocycles.